The van der Waals surface area contributed by atoms with Crippen molar-refractivity contribution in [1.82, 2.24) is 9.97 Å². The van der Waals surface area contributed by atoms with E-state index < -0.39 is 10.0 Å². The van der Waals surface area contributed by atoms with Crippen molar-refractivity contribution in [3.05, 3.63) is 40.8 Å². The Morgan fingerprint density at radius 1 is 1.26 bits per heavy atom. The highest BCUT2D eigenvalue weighted by atomic mass is 79.9. The Morgan fingerprint density at radius 2 is 2.00 bits per heavy atom. The maximum absolute atomic E-state index is 12.1. The van der Waals surface area contributed by atoms with Crippen LogP contribution < -0.4 is 10.5 Å². The molecule has 0 bridgehead atoms. The molecule has 0 saturated carbocycles. The smallest absolute Gasteiger partial charge is 0.263 e. The van der Waals surface area contributed by atoms with E-state index >= 15 is 0 Å². The Kier molecular flexibility index (Phi) is 3.72. The second kappa shape index (κ2) is 5.14. The van der Waals surface area contributed by atoms with Crippen LogP contribution in [0.3, 0.4) is 0 Å². The quantitative estimate of drug-likeness (QED) is 0.830. The molecule has 3 N–H and O–H groups in total. The zero-order valence-electron chi connectivity index (χ0n) is 9.96. The summed E-state index contributed by atoms with van der Waals surface area (Å²) in [6.07, 6.45) is 2.64. The van der Waals surface area contributed by atoms with E-state index in [4.69, 9.17) is 5.73 Å². The second-order valence-corrected chi connectivity index (χ2v) is 6.29. The lowest BCUT2D eigenvalue weighted by Crippen LogP contribution is -2.13. The van der Waals surface area contributed by atoms with Crippen LogP contribution in [0.25, 0.3) is 0 Å². The van der Waals surface area contributed by atoms with Crippen molar-refractivity contribution in [2.45, 2.75) is 11.8 Å². The number of nitrogens with one attached hydrogen (secondary N) is 1. The normalized spacial score (nSPS) is 11.3. The Labute approximate surface area is 119 Å². The maximum atomic E-state index is 12.1. The molecule has 0 aliphatic carbocycles. The van der Waals surface area contributed by atoms with E-state index in [1.807, 2.05) is 6.92 Å². The molecule has 2 rings (SSSR count). The van der Waals surface area contributed by atoms with Crippen molar-refractivity contribution in [3.8, 4) is 0 Å². The monoisotopic (exact) mass is 342 g/mol. The summed E-state index contributed by atoms with van der Waals surface area (Å²) in [5.74, 6) is 0.264. The lowest BCUT2D eigenvalue weighted by Gasteiger charge is -2.08. The number of hydrogen-bond donors (Lipinski definition) is 2. The van der Waals surface area contributed by atoms with Crippen molar-refractivity contribution in [3.63, 3.8) is 0 Å². The first kappa shape index (κ1) is 13.8. The minimum atomic E-state index is -3.68. The largest absolute Gasteiger partial charge is 0.384 e. The third kappa shape index (κ3) is 3.21. The molecule has 6 nitrogen and oxygen atoms in total. The molecule has 0 aliphatic rings. The fourth-order valence-electron chi connectivity index (χ4n) is 1.38. The van der Waals surface area contributed by atoms with Crippen molar-refractivity contribution in [2.75, 3.05) is 10.5 Å². The fraction of sp³-hybridized carbons (Fsp3) is 0.0909. The van der Waals surface area contributed by atoms with Gasteiger partial charge in [-0.1, -0.05) is 0 Å². The third-order valence-electron chi connectivity index (χ3n) is 2.34. The molecule has 2 aromatic rings. The summed E-state index contributed by atoms with van der Waals surface area (Å²) in [6.45, 7) is 1.82. The van der Waals surface area contributed by atoms with Crippen LogP contribution in [0.5, 0.6) is 0 Å². The summed E-state index contributed by atoms with van der Waals surface area (Å²) in [5, 5.41) is 0. The van der Waals surface area contributed by atoms with Crippen molar-refractivity contribution in [1.29, 1.82) is 0 Å². The van der Waals surface area contributed by atoms with E-state index in [0.717, 1.165) is 5.56 Å². The molecule has 0 unspecified atom stereocenters. The molecule has 2 aromatic heterocycles. The first-order valence-corrected chi connectivity index (χ1v) is 7.52. The summed E-state index contributed by atoms with van der Waals surface area (Å²) in [6, 6.07) is 4.50. The number of anilines is 2. The van der Waals surface area contributed by atoms with Gasteiger partial charge in [0.15, 0.2) is 0 Å². The number of nitrogen functional groups attached to an aromatic ring is 1. The van der Waals surface area contributed by atoms with Crippen molar-refractivity contribution < 1.29 is 8.42 Å². The van der Waals surface area contributed by atoms with Crippen molar-refractivity contribution in [2.24, 2.45) is 0 Å². The predicted octanol–water partition coefficient (Wildman–Crippen LogP) is 1.93. The number of nitrogens with zero attached hydrogens (tertiary/aromatic N) is 2. The Morgan fingerprint density at radius 3 is 2.58 bits per heavy atom. The molecule has 8 heteroatoms. The van der Waals surface area contributed by atoms with Gasteiger partial charge >= 0.3 is 0 Å². The second-order valence-electron chi connectivity index (χ2n) is 3.86. The number of rotatable bonds is 3. The van der Waals surface area contributed by atoms with E-state index in [9.17, 15) is 8.42 Å². The van der Waals surface area contributed by atoms with Crippen LogP contribution >= 0.6 is 15.9 Å². The van der Waals surface area contributed by atoms with Gasteiger partial charge in [0.25, 0.3) is 10.0 Å². The standard InChI is InChI=1S/C11H11BrN4O2S/c1-7-4-8(5-15-11(7)12)16-19(17,18)9-2-3-10(13)14-6-9/h2-6,16H,1H3,(H2,13,14). The Balaban J connectivity index is 2.30. The molecule has 2 heterocycles. The summed E-state index contributed by atoms with van der Waals surface area (Å²) >= 11 is 3.25. The van der Waals surface area contributed by atoms with Crippen LogP contribution in [0.2, 0.25) is 0 Å². The molecular weight excluding hydrogens is 332 g/mol. The van der Waals surface area contributed by atoms with Gasteiger partial charge in [0.05, 0.1) is 11.9 Å². The lowest BCUT2D eigenvalue weighted by atomic mass is 10.3. The molecule has 100 valence electrons. The SMILES string of the molecule is Cc1cc(NS(=O)(=O)c2ccc(N)nc2)cnc1Br. The number of nitrogens with two attached hydrogens (primary N) is 1. The Hall–Kier alpha value is -1.67. The Bertz CT molecular complexity index is 701. The first-order chi connectivity index (χ1) is 8.88. The van der Waals surface area contributed by atoms with Gasteiger partial charge < -0.3 is 5.73 Å². The molecule has 0 fully saturated rings. The number of sulfonamides is 1. The predicted molar refractivity (Wildman–Crippen MR) is 76.1 cm³/mol. The number of pyridine rings is 2. The molecule has 0 atom stereocenters. The van der Waals surface area contributed by atoms with Gasteiger partial charge in [-0.2, -0.15) is 0 Å². The van der Waals surface area contributed by atoms with Crippen LogP contribution in [0.1, 0.15) is 5.56 Å². The molecule has 0 radical (unpaired) electrons. The molecule has 0 spiro atoms. The van der Waals surface area contributed by atoms with Gasteiger partial charge in [-0.25, -0.2) is 18.4 Å². The molecule has 0 saturated heterocycles. The maximum Gasteiger partial charge on any atom is 0.263 e. The molecule has 0 aromatic carbocycles. The summed E-state index contributed by atoms with van der Waals surface area (Å²) in [5.41, 5.74) is 6.63. The van der Waals surface area contributed by atoms with Gasteiger partial charge in [0.1, 0.15) is 15.3 Å². The summed E-state index contributed by atoms with van der Waals surface area (Å²) < 4.78 is 27.3. The van der Waals surface area contributed by atoms with Crippen molar-refractivity contribution >= 4 is 37.5 Å². The van der Waals surface area contributed by atoms with Crippen LogP contribution in [-0.4, -0.2) is 18.4 Å². The average molecular weight is 343 g/mol. The zero-order valence-corrected chi connectivity index (χ0v) is 12.4. The van der Waals surface area contributed by atoms with E-state index in [1.165, 1.54) is 24.5 Å². The number of aromatic nitrogens is 2. The molecular formula is C11H11BrN4O2S. The lowest BCUT2D eigenvalue weighted by molar-refractivity contribution is 0.601. The highest BCUT2D eigenvalue weighted by Gasteiger charge is 2.15. The van der Waals surface area contributed by atoms with Crippen LogP contribution in [0, 0.1) is 6.92 Å². The summed E-state index contributed by atoms with van der Waals surface area (Å²) in [4.78, 5) is 7.82. The molecule has 19 heavy (non-hydrogen) atoms. The van der Waals surface area contributed by atoms with Crippen LogP contribution in [-0.2, 0) is 10.0 Å². The van der Waals surface area contributed by atoms with Gasteiger partial charge in [0.2, 0.25) is 0 Å². The minimum absolute atomic E-state index is 0.0438. The van der Waals surface area contributed by atoms with Crippen LogP contribution in [0.15, 0.2) is 40.1 Å². The number of halogens is 1. The van der Waals surface area contributed by atoms with E-state index in [2.05, 4.69) is 30.6 Å². The average Bonchev–Trinajstić information content (AvgIpc) is 2.34. The van der Waals surface area contributed by atoms with E-state index in [-0.39, 0.29) is 10.7 Å². The van der Waals surface area contributed by atoms with Gasteiger partial charge in [-0.05, 0) is 46.6 Å². The van der Waals surface area contributed by atoms with Crippen LogP contribution in [0.4, 0.5) is 11.5 Å². The number of aryl methyl sites for hydroxylation is 1. The zero-order chi connectivity index (χ0) is 14.0. The number of hydrogen-bond acceptors (Lipinski definition) is 5. The minimum Gasteiger partial charge on any atom is -0.384 e. The van der Waals surface area contributed by atoms with E-state index in [0.29, 0.717) is 10.3 Å². The first-order valence-electron chi connectivity index (χ1n) is 5.25. The topological polar surface area (TPSA) is 98.0 Å². The molecule has 0 aliphatic heterocycles. The highest BCUT2D eigenvalue weighted by molar-refractivity contribution is 9.10. The van der Waals surface area contributed by atoms with Gasteiger partial charge in [-0.15, -0.1) is 0 Å². The van der Waals surface area contributed by atoms with E-state index in [1.54, 1.807) is 6.07 Å². The van der Waals surface area contributed by atoms with Gasteiger partial charge in [-0.3, -0.25) is 4.72 Å². The molecule has 0 amide bonds. The highest BCUT2D eigenvalue weighted by Crippen LogP contribution is 2.20. The summed E-state index contributed by atoms with van der Waals surface area (Å²) in [7, 11) is -3.68. The van der Waals surface area contributed by atoms with Gasteiger partial charge in [0, 0.05) is 6.20 Å². The fourth-order valence-corrected chi connectivity index (χ4v) is 2.57. The third-order valence-corrected chi connectivity index (χ3v) is 4.53.